The van der Waals surface area contributed by atoms with Crippen LogP contribution in [0.2, 0.25) is 0 Å². The molecule has 0 spiro atoms. The van der Waals surface area contributed by atoms with E-state index in [4.69, 9.17) is 8.92 Å². The molecule has 0 aromatic rings. The number of carbonyl (C=O) groups excluding carboxylic acids is 2. The molecule has 0 heterocycles. The third-order valence-corrected chi connectivity index (χ3v) is 6.00. The molecular weight excluding hydrogens is 407 g/mol. The zero-order valence-corrected chi connectivity index (χ0v) is 21.3. The molecule has 0 bridgehead atoms. The number of carboxylic acid groups (broad SMARTS) is 1. The third kappa shape index (κ3) is 17.2. The average molecular weight is 445 g/mol. The van der Waals surface area contributed by atoms with Gasteiger partial charge in [-0.15, -0.1) is 0 Å². The van der Waals surface area contributed by atoms with E-state index in [1.165, 1.54) is 0 Å². The van der Waals surface area contributed by atoms with Crippen LogP contribution >= 0.6 is 0 Å². The number of carboxylic acids is 1. The van der Waals surface area contributed by atoms with Crippen molar-refractivity contribution in [2.75, 3.05) is 13.2 Å². The first kappa shape index (κ1) is 31.0. The van der Waals surface area contributed by atoms with Crippen molar-refractivity contribution < 1.29 is 61.6 Å². The predicted octanol–water partition coefficient (Wildman–Crippen LogP) is 0.110. The first-order valence-corrected chi connectivity index (χ1v) is 12.1. The van der Waals surface area contributed by atoms with E-state index < -0.39 is 33.7 Å². The van der Waals surface area contributed by atoms with Gasteiger partial charge in [0.2, 0.25) is 0 Å². The number of rotatable bonds is 19. The van der Waals surface area contributed by atoms with Crippen molar-refractivity contribution in [1.82, 2.24) is 0 Å². The van der Waals surface area contributed by atoms with E-state index in [9.17, 15) is 23.1 Å². The summed E-state index contributed by atoms with van der Waals surface area (Å²) in [6, 6.07) is 0. The molecule has 1 atom stereocenters. The molecule has 29 heavy (non-hydrogen) atoms. The Balaban J connectivity index is 0. The van der Waals surface area contributed by atoms with E-state index in [-0.39, 0.29) is 42.8 Å². The maximum Gasteiger partial charge on any atom is 1.00 e. The van der Waals surface area contributed by atoms with Crippen LogP contribution in [-0.4, -0.2) is 38.8 Å². The van der Waals surface area contributed by atoms with Crippen LogP contribution in [0.5, 0.6) is 0 Å². The van der Waals surface area contributed by atoms with Crippen molar-refractivity contribution in [3.05, 3.63) is 0 Å². The van der Waals surface area contributed by atoms with E-state index in [1.54, 1.807) is 0 Å². The number of ether oxygens (including phenoxy) is 1. The molecule has 0 saturated heterocycles. The summed E-state index contributed by atoms with van der Waals surface area (Å²) >= 11 is 0. The van der Waals surface area contributed by atoms with Gasteiger partial charge in [0.15, 0.2) is 5.25 Å². The molecule has 0 saturated carbocycles. The summed E-state index contributed by atoms with van der Waals surface area (Å²) in [7, 11) is -4.36. The zero-order valence-electron chi connectivity index (χ0n) is 18.4. The fourth-order valence-electron chi connectivity index (χ4n) is 2.74. The van der Waals surface area contributed by atoms with Crippen LogP contribution in [0, 0.1) is 0 Å². The fraction of sp³-hybridized carbons (Fsp3) is 0.900. The van der Waals surface area contributed by atoms with Crippen molar-refractivity contribution in [2.24, 2.45) is 0 Å². The topological polar surface area (TPSA) is 110 Å². The minimum Gasteiger partial charge on any atom is -0.550 e. The molecule has 7 nitrogen and oxygen atoms in total. The van der Waals surface area contributed by atoms with Gasteiger partial charge in [-0.1, -0.05) is 78.1 Å². The quantitative estimate of drug-likeness (QED) is 0.120. The number of hydrogen-bond acceptors (Lipinski definition) is 7. The molecule has 0 fully saturated rings. The first-order chi connectivity index (χ1) is 13.3. The summed E-state index contributed by atoms with van der Waals surface area (Å²) in [6.45, 7) is 4.23. The molecule has 0 aliphatic heterocycles. The molecule has 0 aliphatic carbocycles. The molecular formula is C20H37NaO7S. The standard InChI is InChI=1S/C20H38O7S.Na/c1-3-5-7-9-11-13-15-26-20(23)18(17-19(21)22)28(24,25)27-16-14-12-10-8-6-4-2;/h18H,3-17H2,1-2H3,(H,21,22);/q;+1/p-1. The number of unbranched alkanes of at least 4 members (excludes halogenated alkanes) is 10. The molecule has 0 radical (unpaired) electrons. The Hall–Kier alpha value is -0.150. The van der Waals surface area contributed by atoms with E-state index in [0.717, 1.165) is 64.2 Å². The molecule has 0 rings (SSSR count). The van der Waals surface area contributed by atoms with Gasteiger partial charge >= 0.3 is 35.5 Å². The van der Waals surface area contributed by atoms with Crippen LogP contribution in [0.3, 0.4) is 0 Å². The Morgan fingerprint density at radius 3 is 1.72 bits per heavy atom. The minimum absolute atomic E-state index is 0. The summed E-state index contributed by atoms with van der Waals surface area (Å²) < 4.78 is 34.3. The van der Waals surface area contributed by atoms with Crippen molar-refractivity contribution in [3.8, 4) is 0 Å². The maximum absolute atomic E-state index is 12.2. The predicted molar refractivity (Wildman–Crippen MR) is 106 cm³/mol. The van der Waals surface area contributed by atoms with Crippen molar-refractivity contribution in [2.45, 2.75) is 103 Å². The minimum atomic E-state index is -4.36. The molecule has 0 amide bonds. The Kier molecular flexibility index (Phi) is 21.2. The SMILES string of the molecule is CCCCCCCCOC(=O)C(CC(=O)[O-])S(=O)(=O)OCCCCCCCC.[Na+]. The molecule has 0 aromatic carbocycles. The summed E-state index contributed by atoms with van der Waals surface area (Å²) in [5.74, 6) is -2.71. The van der Waals surface area contributed by atoms with Gasteiger partial charge in [0, 0.05) is 12.4 Å². The number of carbonyl (C=O) groups is 2. The van der Waals surface area contributed by atoms with Gasteiger partial charge in [0.05, 0.1) is 13.2 Å². The van der Waals surface area contributed by atoms with E-state index in [1.807, 2.05) is 0 Å². The number of esters is 1. The second-order valence-corrected chi connectivity index (χ2v) is 8.87. The smallest absolute Gasteiger partial charge is 0.550 e. The first-order valence-electron chi connectivity index (χ1n) is 10.6. The Labute approximate surface area is 198 Å². The molecule has 0 N–H and O–H groups in total. The number of aliphatic carboxylic acids is 1. The zero-order chi connectivity index (χ0) is 21.3. The van der Waals surface area contributed by atoms with Crippen molar-refractivity contribution in [1.29, 1.82) is 0 Å². The Morgan fingerprint density at radius 2 is 1.24 bits per heavy atom. The van der Waals surface area contributed by atoms with Gasteiger partial charge in [0.1, 0.15) is 0 Å². The molecule has 1 unspecified atom stereocenters. The Morgan fingerprint density at radius 1 is 0.793 bits per heavy atom. The van der Waals surface area contributed by atoms with Gasteiger partial charge in [-0.05, 0) is 12.8 Å². The second-order valence-electron chi connectivity index (χ2n) is 7.08. The van der Waals surface area contributed by atoms with E-state index in [2.05, 4.69) is 13.8 Å². The van der Waals surface area contributed by atoms with Gasteiger partial charge < -0.3 is 14.6 Å². The van der Waals surface area contributed by atoms with Gasteiger partial charge in [-0.25, -0.2) is 0 Å². The molecule has 9 heteroatoms. The van der Waals surface area contributed by atoms with Crippen LogP contribution in [-0.2, 0) is 28.6 Å². The largest absolute Gasteiger partial charge is 1.00 e. The summed E-state index contributed by atoms with van der Waals surface area (Å²) in [5, 5.41) is 9.00. The monoisotopic (exact) mass is 444 g/mol. The van der Waals surface area contributed by atoms with Crippen LogP contribution < -0.4 is 34.7 Å². The van der Waals surface area contributed by atoms with Crippen LogP contribution in [0.15, 0.2) is 0 Å². The van der Waals surface area contributed by atoms with Gasteiger partial charge in [0.25, 0.3) is 10.1 Å². The van der Waals surface area contributed by atoms with Crippen LogP contribution in [0.1, 0.15) is 97.3 Å². The van der Waals surface area contributed by atoms with Gasteiger partial charge in [-0.3, -0.25) is 8.98 Å². The molecule has 0 aliphatic rings. The maximum atomic E-state index is 12.2. The number of hydrogen-bond donors (Lipinski definition) is 0. The molecule has 0 aromatic heterocycles. The Bertz CT molecular complexity index is 523. The van der Waals surface area contributed by atoms with E-state index in [0.29, 0.717) is 12.8 Å². The van der Waals surface area contributed by atoms with Crippen LogP contribution in [0.4, 0.5) is 0 Å². The summed E-state index contributed by atoms with van der Waals surface area (Å²) in [4.78, 5) is 23.0. The van der Waals surface area contributed by atoms with Crippen molar-refractivity contribution in [3.63, 3.8) is 0 Å². The normalized spacial score (nSPS) is 12.2. The summed E-state index contributed by atoms with van der Waals surface area (Å²) in [6.07, 6.45) is 10.6. The second kappa shape index (κ2) is 19.8. The fourth-order valence-corrected chi connectivity index (χ4v) is 3.90. The molecule has 166 valence electrons. The van der Waals surface area contributed by atoms with Crippen molar-refractivity contribution >= 4 is 22.1 Å². The van der Waals surface area contributed by atoms with Gasteiger partial charge in [-0.2, -0.15) is 8.42 Å². The van der Waals surface area contributed by atoms with Crippen LogP contribution in [0.25, 0.3) is 0 Å². The summed E-state index contributed by atoms with van der Waals surface area (Å²) in [5.41, 5.74) is 0. The average Bonchev–Trinajstić information content (AvgIpc) is 2.64. The van der Waals surface area contributed by atoms with E-state index >= 15 is 0 Å². The third-order valence-electron chi connectivity index (χ3n) is 4.45.